The molecule has 1 amide bonds. The van der Waals surface area contributed by atoms with Gasteiger partial charge in [0.25, 0.3) is 5.91 Å². The average Bonchev–Trinajstić information content (AvgIpc) is 2.98. The molecule has 0 spiro atoms. The Morgan fingerprint density at radius 2 is 1.92 bits per heavy atom. The monoisotopic (exact) mass is 419 g/mol. The number of anilines is 1. The van der Waals surface area contributed by atoms with Gasteiger partial charge in [-0.15, -0.1) is 11.3 Å². The number of hydrogen-bond donors (Lipinski definition) is 2. The first-order valence-corrected chi connectivity index (χ1v) is 9.11. The second-order valence-electron chi connectivity index (χ2n) is 5.12. The van der Waals surface area contributed by atoms with Gasteiger partial charge in [-0.25, -0.2) is 4.79 Å². The molecule has 3 aromatic rings. The Morgan fingerprint density at radius 3 is 2.60 bits per heavy atom. The van der Waals surface area contributed by atoms with Crippen LogP contribution in [0.1, 0.15) is 27.0 Å². The third kappa shape index (κ3) is 3.38. The molecule has 1 heterocycles. The number of benzene rings is 2. The van der Waals surface area contributed by atoms with E-state index in [0.717, 1.165) is 11.3 Å². The van der Waals surface area contributed by atoms with Crippen LogP contribution in [0.5, 0.6) is 5.75 Å². The molecule has 3 rings (SSSR count). The predicted molar refractivity (Wildman–Crippen MR) is 102 cm³/mol. The lowest BCUT2D eigenvalue weighted by Gasteiger charge is -2.07. The molecule has 0 bridgehead atoms. The molecule has 0 saturated carbocycles. The number of esters is 1. The minimum atomic E-state index is -0.539. The number of phenolic OH excluding ortho intramolecular Hbond substituents is 1. The zero-order chi connectivity index (χ0) is 18.0. The fourth-order valence-corrected chi connectivity index (χ4v) is 3.92. The molecule has 2 N–H and O–H groups in total. The van der Waals surface area contributed by atoms with Crippen LogP contribution >= 0.6 is 27.3 Å². The van der Waals surface area contributed by atoms with Gasteiger partial charge in [-0.1, -0.05) is 24.3 Å². The summed E-state index contributed by atoms with van der Waals surface area (Å²) < 4.78 is 6.09. The summed E-state index contributed by atoms with van der Waals surface area (Å²) in [4.78, 5) is 25.0. The Bertz CT molecular complexity index is 953. The maximum Gasteiger partial charge on any atom is 0.350 e. The van der Waals surface area contributed by atoms with Crippen LogP contribution in [0.25, 0.3) is 10.1 Å². The maximum absolute atomic E-state index is 12.5. The van der Waals surface area contributed by atoms with E-state index < -0.39 is 5.97 Å². The molecule has 1 aromatic heterocycles. The molecule has 7 heteroatoms. The van der Waals surface area contributed by atoms with E-state index in [0.29, 0.717) is 25.8 Å². The molecule has 0 saturated heterocycles. The van der Waals surface area contributed by atoms with Crippen molar-refractivity contribution in [3.8, 4) is 5.75 Å². The predicted octanol–water partition coefficient (Wildman–Crippen LogP) is 4.80. The Kier molecular flexibility index (Phi) is 5.06. The van der Waals surface area contributed by atoms with Crippen LogP contribution in [0.2, 0.25) is 0 Å². The lowest BCUT2D eigenvalue weighted by molar-refractivity contribution is 0.0533. The van der Waals surface area contributed by atoms with Crippen LogP contribution < -0.4 is 5.32 Å². The number of thiophene rings is 1. The van der Waals surface area contributed by atoms with Crippen LogP contribution in [0.4, 0.5) is 5.69 Å². The highest BCUT2D eigenvalue weighted by atomic mass is 79.9. The fourth-order valence-electron chi connectivity index (χ4n) is 2.36. The number of carbonyl (C=O) groups excluding carboxylic acids is 2. The van der Waals surface area contributed by atoms with Crippen molar-refractivity contribution in [3.63, 3.8) is 0 Å². The van der Waals surface area contributed by atoms with Gasteiger partial charge in [-0.3, -0.25) is 4.79 Å². The van der Waals surface area contributed by atoms with Crippen molar-refractivity contribution >= 4 is 54.9 Å². The lowest BCUT2D eigenvalue weighted by Crippen LogP contribution is -2.14. The van der Waals surface area contributed by atoms with Gasteiger partial charge >= 0.3 is 5.97 Å². The summed E-state index contributed by atoms with van der Waals surface area (Å²) in [6.45, 7) is 1.93. The van der Waals surface area contributed by atoms with Crippen molar-refractivity contribution in [2.24, 2.45) is 0 Å². The van der Waals surface area contributed by atoms with E-state index >= 15 is 0 Å². The Morgan fingerprint density at radius 1 is 1.20 bits per heavy atom. The molecule has 0 atom stereocenters. The van der Waals surface area contributed by atoms with Crippen molar-refractivity contribution in [3.05, 3.63) is 57.4 Å². The largest absolute Gasteiger partial charge is 0.505 e. The number of aromatic hydroxyl groups is 1. The van der Waals surface area contributed by atoms with Crippen LogP contribution in [-0.2, 0) is 4.74 Å². The van der Waals surface area contributed by atoms with E-state index in [4.69, 9.17) is 4.74 Å². The summed E-state index contributed by atoms with van der Waals surface area (Å²) in [5.74, 6) is -0.857. The number of hydrogen-bond acceptors (Lipinski definition) is 5. The normalized spacial score (nSPS) is 10.6. The summed E-state index contributed by atoms with van der Waals surface area (Å²) in [6.07, 6.45) is 0. The van der Waals surface area contributed by atoms with Crippen molar-refractivity contribution in [2.45, 2.75) is 6.92 Å². The topological polar surface area (TPSA) is 75.6 Å². The van der Waals surface area contributed by atoms with Crippen molar-refractivity contribution in [2.75, 3.05) is 11.9 Å². The molecule has 128 valence electrons. The molecule has 0 aliphatic carbocycles. The first-order valence-electron chi connectivity index (χ1n) is 7.50. The van der Waals surface area contributed by atoms with E-state index in [1.165, 1.54) is 0 Å². The SMILES string of the molecule is CCOC(=O)c1sc2c(O)c(Br)ccc2c1NC(=O)c1ccccc1. The number of phenols is 1. The highest BCUT2D eigenvalue weighted by molar-refractivity contribution is 9.10. The summed E-state index contributed by atoms with van der Waals surface area (Å²) in [7, 11) is 0. The standard InChI is InChI=1S/C18H14BrNO4S/c1-2-24-18(23)16-13(20-17(22)10-6-4-3-5-7-10)11-8-9-12(19)14(21)15(11)25-16/h3-9,21H,2H2,1H3,(H,20,22). The highest BCUT2D eigenvalue weighted by Gasteiger charge is 2.23. The van der Waals surface area contributed by atoms with Crippen molar-refractivity contribution in [1.29, 1.82) is 0 Å². The maximum atomic E-state index is 12.5. The number of carbonyl (C=O) groups is 2. The zero-order valence-corrected chi connectivity index (χ0v) is 15.6. The summed E-state index contributed by atoms with van der Waals surface area (Å²) in [5.41, 5.74) is 0.813. The van der Waals surface area contributed by atoms with Gasteiger partial charge in [0, 0.05) is 10.9 Å². The molecule has 2 aromatic carbocycles. The van der Waals surface area contributed by atoms with Gasteiger partial charge < -0.3 is 15.2 Å². The van der Waals surface area contributed by atoms with Crippen LogP contribution in [0, 0.1) is 0 Å². The molecule has 0 fully saturated rings. The number of halogens is 1. The summed E-state index contributed by atoms with van der Waals surface area (Å²) in [5, 5.41) is 13.6. The van der Waals surface area contributed by atoms with E-state index in [1.807, 2.05) is 6.07 Å². The van der Waals surface area contributed by atoms with Crippen LogP contribution in [-0.4, -0.2) is 23.6 Å². The fraction of sp³-hybridized carbons (Fsp3) is 0.111. The van der Waals surface area contributed by atoms with E-state index in [-0.39, 0.29) is 23.1 Å². The van der Waals surface area contributed by atoms with Gasteiger partial charge in [-0.05, 0) is 41.1 Å². The lowest BCUT2D eigenvalue weighted by atomic mass is 10.1. The number of fused-ring (bicyclic) bond motifs is 1. The zero-order valence-electron chi connectivity index (χ0n) is 13.2. The minimum absolute atomic E-state index is 0.0215. The van der Waals surface area contributed by atoms with Crippen LogP contribution in [0.3, 0.4) is 0 Å². The molecular weight excluding hydrogens is 406 g/mol. The summed E-state index contributed by atoms with van der Waals surface area (Å²) >= 11 is 4.34. The molecule has 25 heavy (non-hydrogen) atoms. The number of amides is 1. The Hall–Kier alpha value is -2.38. The van der Waals surface area contributed by atoms with E-state index in [1.54, 1.807) is 43.3 Å². The van der Waals surface area contributed by atoms with Crippen LogP contribution in [0.15, 0.2) is 46.9 Å². The average molecular weight is 420 g/mol. The molecular formula is C18H14BrNO4S. The molecule has 0 aliphatic heterocycles. The number of nitrogens with one attached hydrogen (secondary N) is 1. The Labute approximate surface area is 156 Å². The highest BCUT2D eigenvalue weighted by Crippen LogP contribution is 2.44. The quantitative estimate of drug-likeness (QED) is 0.595. The smallest absolute Gasteiger partial charge is 0.350 e. The molecule has 5 nitrogen and oxygen atoms in total. The number of rotatable bonds is 4. The second kappa shape index (κ2) is 7.25. The van der Waals surface area contributed by atoms with Gasteiger partial charge in [0.05, 0.1) is 21.5 Å². The van der Waals surface area contributed by atoms with E-state index in [9.17, 15) is 14.7 Å². The number of ether oxygens (including phenoxy) is 1. The first-order chi connectivity index (χ1) is 12.0. The van der Waals surface area contributed by atoms with Crippen molar-refractivity contribution in [1.82, 2.24) is 0 Å². The molecule has 0 aliphatic rings. The minimum Gasteiger partial charge on any atom is -0.505 e. The van der Waals surface area contributed by atoms with Gasteiger partial charge in [-0.2, -0.15) is 0 Å². The van der Waals surface area contributed by atoms with Gasteiger partial charge in [0.2, 0.25) is 0 Å². The molecule has 0 radical (unpaired) electrons. The van der Waals surface area contributed by atoms with E-state index in [2.05, 4.69) is 21.2 Å². The first kappa shape index (κ1) is 17.4. The van der Waals surface area contributed by atoms with Gasteiger partial charge in [0.1, 0.15) is 10.6 Å². The third-order valence-corrected chi connectivity index (χ3v) is 5.35. The molecule has 0 unspecified atom stereocenters. The second-order valence-corrected chi connectivity index (χ2v) is 6.99. The van der Waals surface area contributed by atoms with Gasteiger partial charge in [0.15, 0.2) is 0 Å². The summed E-state index contributed by atoms with van der Waals surface area (Å²) in [6, 6.07) is 12.1. The third-order valence-electron chi connectivity index (χ3n) is 3.52. The Balaban J connectivity index is 2.11. The van der Waals surface area contributed by atoms with Crippen molar-refractivity contribution < 1.29 is 19.4 Å².